The fraction of sp³-hybridized carbons (Fsp3) is 0.389. The number of nitrogens with zero attached hydrogens (tertiary/aromatic N) is 2. The molecule has 1 aromatic heterocycles. The minimum Gasteiger partial charge on any atom is -0.363 e. The molecule has 2 aromatic rings. The lowest BCUT2D eigenvalue weighted by molar-refractivity contribution is -0.130. The van der Waals surface area contributed by atoms with Gasteiger partial charge in [-0.15, -0.1) is 0 Å². The number of benzene rings is 1. The van der Waals surface area contributed by atoms with Crippen LogP contribution in [0.2, 0.25) is 5.02 Å². The fourth-order valence-electron chi connectivity index (χ4n) is 3.31. The highest BCUT2D eigenvalue weighted by molar-refractivity contribution is 6.30. The maximum atomic E-state index is 13.0. The smallest absolute Gasteiger partial charge is 0.262 e. The summed E-state index contributed by atoms with van der Waals surface area (Å²) < 4.78 is 5.02. The van der Waals surface area contributed by atoms with Crippen LogP contribution in [0.15, 0.2) is 35.1 Å². The third-order valence-electron chi connectivity index (χ3n) is 4.62. The van der Waals surface area contributed by atoms with E-state index in [4.69, 9.17) is 21.3 Å². The van der Waals surface area contributed by atoms with Crippen LogP contribution >= 0.6 is 11.6 Å². The van der Waals surface area contributed by atoms with Gasteiger partial charge in [-0.25, -0.2) is 5.48 Å². The van der Waals surface area contributed by atoms with E-state index in [9.17, 15) is 9.59 Å². The van der Waals surface area contributed by atoms with Gasteiger partial charge in [-0.3, -0.25) is 14.8 Å². The molecule has 1 aliphatic carbocycles. The Balaban J connectivity index is 1.85. The molecule has 26 heavy (non-hydrogen) atoms. The van der Waals surface area contributed by atoms with Gasteiger partial charge in [0, 0.05) is 17.1 Å². The summed E-state index contributed by atoms with van der Waals surface area (Å²) in [5.41, 5.74) is 2.95. The highest BCUT2D eigenvalue weighted by Crippen LogP contribution is 2.28. The van der Waals surface area contributed by atoms with Crippen molar-refractivity contribution in [3.8, 4) is 11.3 Å². The molecular weight excluding hydrogens is 358 g/mol. The SMILES string of the molecule is O=C(CN(CC1CCCC1)C(=O)c1conc1-c1ccc(Cl)cc1)NO. The minimum atomic E-state index is -0.638. The number of aromatic nitrogens is 1. The summed E-state index contributed by atoms with van der Waals surface area (Å²) in [6, 6.07) is 6.90. The van der Waals surface area contributed by atoms with Crippen molar-refractivity contribution >= 4 is 23.4 Å². The molecule has 1 heterocycles. The third kappa shape index (κ3) is 4.23. The molecule has 3 rings (SSSR count). The molecule has 1 fully saturated rings. The number of halogens is 1. The highest BCUT2D eigenvalue weighted by atomic mass is 35.5. The van der Waals surface area contributed by atoms with Crippen LogP contribution in [-0.4, -0.2) is 40.2 Å². The van der Waals surface area contributed by atoms with Crippen molar-refractivity contribution in [3.05, 3.63) is 41.1 Å². The zero-order valence-corrected chi connectivity index (χ0v) is 14.9. The lowest BCUT2D eigenvalue weighted by Crippen LogP contribution is -2.42. The highest BCUT2D eigenvalue weighted by Gasteiger charge is 2.28. The second kappa shape index (κ2) is 8.33. The van der Waals surface area contributed by atoms with Gasteiger partial charge in [-0.05, 0) is 30.9 Å². The van der Waals surface area contributed by atoms with Gasteiger partial charge in [-0.1, -0.05) is 41.7 Å². The summed E-state index contributed by atoms with van der Waals surface area (Å²) in [7, 11) is 0. The van der Waals surface area contributed by atoms with Crippen LogP contribution in [0.25, 0.3) is 11.3 Å². The number of hydrogen-bond donors (Lipinski definition) is 2. The average molecular weight is 378 g/mol. The fourth-order valence-corrected chi connectivity index (χ4v) is 3.43. The predicted molar refractivity (Wildman–Crippen MR) is 94.7 cm³/mol. The Kier molecular flexibility index (Phi) is 5.90. The molecule has 1 aromatic carbocycles. The molecule has 0 unspecified atom stereocenters. The Morgan fingerprint density at radius 1 is 1.27 bits per heavy atom. The summed E-state index contributed by atoms with van der Waals surface area (Å²) in [5, 5.41) is 13.3. The van der Waals surface area contributed by atoms with Gasteiger partial charge in [0.15, 0.2) is 0 Å². The van der Waals surface area contributed by atoms with E-state index in [1.807, 2.05) is 0 Å². The van der Waals surface area contributed by atoms with E-state index < -0.39 is 5.91 Å². The van der Waals surface area contributed by atoms with Crippen LogP contribution in [0.1, 0.15) is 36.0 Å². The first-order valence-corrected chi connectivity index (χ1v) is 8.89. The van der Waals surface area contributed by atoms with Crippen molar-refractivity contribution in [1.82, 2.24) is 15.5 Å². The first-order valence-electron chi connectivity index (χ1n) is 8.51. The van der Waals surface area contributed by atoms with Crippen molar-refractivity contribution < 1.29 is 19.3 Å². The Morgan fingerprint density at radius 2 is 1.96 bits per heavy atom. The van der Waals surface area contributed by atoms with Gasteiger partial charge < -0.3 is 9.42 Å². The summed E-state index contributed by atoms with van der Waals surface area (Å²) in [6.45, 7) is 0.231. The summed E-state index contributed by atoms with van der Waals surface area (Å²) in [6.07, 6.45) is 5.59. The van der Waals surface area contributed by atoms with Crippen LogP contribution in [0, 0.1) is 5.92 Å². The quantitative estimate of drug-likeness (QED) is 0.595. The summed E-state index contributed by atoms with van der Waals surface area (Å²) >= 11 is 5.91. The summed E-state index contributed by atoms with van der Waals surface area (Å²) in [4.78, 5) is 26.1. The van der Waals surface area contributed by atoms with Gasteiger partial charge in [0.1, 0.15) is 24.1 Å². The van der Waals surface area contributed by atoms with Crippen molar-refractivity contribution in [1.29, 1.82) is 0 Å². The number of nitrogens with one attached hydrogen (secondary N) is 1. The molecule has 0 aliphatic heterocycles. The number of amides is 2. The first kappa shape index (κ1) is 18.4. The van der Waals surface area contributed by atoms with Crippen LogP contribution in [0.4, 0.5) is 0 Å². The van der Waals surface area contributed by atoms with Crippen molar-refractivity contribution in [3.63, 3.8) is 0 Å². The van der Waals surface area contributed by atoms with Crippen LogP contribution < -0.4 is 5.48 Å². The third-order valence-corrected chi connectivity index (χ3v) is 4.87. The monoisotopic (exact) mass is 377 g/mol. The van der Waals surface area contributed by atoms with E-state index in [1.165, 1.54) is 11.2 Å². The molecule has 1 aliphatic rings. The number of hydroxylamine groups is 1. The molecule has 0 radical (unpaired) electrons. The normalized spacial score (nSPS) is 14.4. The largest absolute Gasteiger partial charge is 0.363 e. The van der Waals surface area contributed by atoms with E-state index in [0.29, 0.717) is 28.7 Å². The van der Waals surface area contributed by atoms with Crippen molar-refractivity contribution in [2.45, 2.75) is 25.7 Å². The van der Waals surface area contributed by atoms with E-state index in [0.717, 1.165) is 25.7 Å². The zero-order valence-electron chi connectivity index (χ0n) is 14.2. The van der Waals surface area contributed by atoms with Crippen LogP contribution in [0.5, 0.6) is 0 Å². The van der Waals surface area contributed by atoms with E-state index in [-0.39, 0.29) is 18.0 Å². The van der Waals surface area contributed by atoms with Gasteiger partial charge in [0.2, 0.25) is 0 Å². The Labute approximate surface area is 155 Å². The predicted octanol–water partition coefficient (Wildman–Crippen LogP) is 3.13. The number of rotatable bonds is 6. The Bertz CT molecular complexity index is 769. The molecule has 2 N–H and O–H groups in total. The van der Waals surface area contributed by atoms with E-state index in [1.54, 1.807) is 29.7 Å². The molecule has 2 amide bonds. The molecule has 1 saturated carbocycles. The topological polar surface area (TPSA) is 95.7 Å². The van der Waals surface area contributed by atoms with Gasteiger partial charge in [0.25, 0.3) is 11.8 Å². The minimum absolute atomic E-state index is 0.225. The Hall–Kier alpha value is -2.38. The van der Waals surface area contributed by atoms with Crippen LogP contribution in [-0.2, 0) is 4.79 Å². The number of hydrogen-bond acceptors (Lipinski definition) is 5. The molecule has 138 valence electrons. The van der Waals surface area contributed by atoms with Gasteiger partial charge >= 0.3 is 0 Å². The van der Waals surface area contributed by atoms with Gasteiger partial charge in [-0.2, -0.15) is 0 Å². The molecule has 0 atom stereocenters. The molecule has 0 saturated heterocycles. The molecule has 7 nitrogen and oxygen atoms in total. The second-order valence-corrected chi connectivity index (χ2v) is 6.89. The molecule has 0 bridgehead atoms. The first-order chi connectivity index (χ1) is 12.6. The van der Waals surface area contributed by atoms with Gasteiger partial charge in [0.05, 0.1) is 0 Å². The lowest BCUT2D eigenvalue weighted by Gasteiger charge is -2.24. The van der Waals surface area contributed by atoms with Crippen molar-refractivity contribution in [2.75, 3.05) is 13.1 Å². The maximum Gasteiger partial charge on any atom is 0.262 e. The average Bonchev–Trinajstić information content (AvgIpc) is 3.32. The van der Waals surface area contributed by atoms with Crippen LogP contribution in [0.3, 0.4) is 0 Å². The summed E-state index contributed by atoms with van der Waals surface area (Å²) in [5.74, 6) is -0.642. The van der Waals surface area contributed by atoms with E-state index >= 15 is 0 Å². The molecule has 0 spiro atoms. The second-order valence-electron chi connectivity index (χ2n) is 6.45. The number of carbonyl (C=O) groups excluding carboxylic acids is 2. The maximum absolute atomic E-state index is 13.0. The van der Waals surface area contributed by atoms with Crippen molar-refractivity contribution in [2.24, 2.45) is 5.92 Å². The number of carbonyl (C=O) groups is 2. The molecule has 8 heteroatoms. The zero-order chi connectivity index (χ0) is 18.5. The Morgan fingerprint density at radius 3 is 2.62 bits per heavy atom. The lowest BCUT2D eigenvalue weighted by atomic mass is 10.0. The standard InChI is InChI=1S/C18H20ClN3O4/c19-14-7-5-13(6-8-14)17-15(11-26-21-17)18(24)22(10-16(23)20-25)9-12-3-1-2-4-12/h5-8,11-12,25H,1-4,9-10H2,(H,20,23). The van der Waals surface area contributed by atoms with E-state index in [2.05, 4.69) is 5.16 Å². The molecular formula is C18H20ClN3O4.